The number of fused-ring (bicyclic) bond motifs is 2. The number of likely N-dealkylation sites (tertiary alicyclic amines) is 1. The third-order valence-corrected chi connectivity index (χ3v) is 11.1. The van der Waals surface area contributed by atoms with Crippen LogP contribution in [0.25, 0.3) is 22.2 Å². The van der Waals surface area contributed by atoms with E-state index < -0.39 is 68.0 Å². The number of nitrogen functional groups attached to an aromatic ring is 1. The first-order chi connectivity index (χ1) is 28.1. The van der Waals surface area contributed by atoms with Gasteiger partial charge in [0, 0.05) is 50.6 Å². The molecule has 14 N–H and O–H groups in total. The third-order valence-electron chi connectivity index (χ3n) is 11.1. The van der Waals surface area contributed by atoms with Crippen molar-refractivity contribution >= 4 is 39.8 Å². The molecule has 2 amide bonds. The van der Waals surface area contributed by atoms with Crippen molar-refractivity contribution in [3.63, 3.8) is 0 Å². The Balaban J connectivity index is 1.26. The number of nitrogens with two attached hydrogens (primary N) is 1. The van der Waals surface area contributed by atoms with Gasteiger partial charge in [0.25, 0.3) is 17.6 Å². The molecule has 21 heteroatoms. The maximum Gasteiger partial charge on any atom is 0.277 e. The van der Waals surface area contributed by atoms with Crippen LogP contribution in [0.5, 0.6) is 0 Å². The maximum atomic E-state index is 13.9. The van der Waals surface area contributed by atoms with E-state index >= 15 is 0 Å². The fourth-order valence-corrected chi connectivity index (χ4v) is 7.68. The van der Waals surface area contributed by atoms with Crippen LogP contribution in [0, 0.1) is 5.92 Å². The number of aryl methyl sites for hydroxylation is 2. The first kappa shape index (κ1) is 45.7. The Kier molecular flexibility index (Phi) is 15.7. The van der Waals surface area contributed by atoms with Crippen LogP contribution in [0.4, 0.5) is 5.82 Å². The highest BCUT2D eigenvalue weighted by Crippen LogP contribution is 2.24. The van der Waals surface area contributed by atoms with Crippen molar-refractivity contribution in [3.05, 3.63) is 47.5 Å². The predicted octanol–water partition coefficient (Wildman–Crippen LogP) is -4.22. The number of aliphatic hydroxyl groups excluding tert-OH is 10. The van der Waals surface area contributed by atoms with E-state index in [4.69, 9.17) is 15.9 Å². The van der Waals surface area contributed by atoms with E-state index in [9.17, 15) is 50.4 Å². The summed E-state index contributed by atoms with van der Waals surface area (Å²) in [6.45, 7) is 3.65. The molecule has 1 aliphatic rings. The van der Waals surface area contributed by atoms with Crippen LogP contribution in [0.2, 0.25) is 0 Å². The molecule has 3 aromatic heterocycles. The lowest BCUT2D eigenvalue weighted by Gasteiger charge is -2.38. The highest BCUT2D eigenvalue weighted by Gasteiger charge is 2.36. The summed E-state index contributed by atoms with van der Waals surface area (Å²) in [6, 6.07) is 7.17. The first-order valence-corrected chi connectivity index (χ1v) is 19.7. The molecule has 1 saturated heterocycles. The van der Waals surface area contributed by atoms with Crippen LogP contribution in [0.1, 0.15) is 53.4 Å². The molecule has 59 heavy (non-hydrogen) atoms. The number of amides is 2. The molecule has 8 atom stereocenters. The Bertz CT molecular complexity index is 1990. The van der Waals surface area contributed by atoms with Gasteiger partial charge in [-0.05, 0) is 50.8 Å². The van der Waals surface area contributed by atoms with Gasteiger partial charge in [-0.15, -0.1) is 0 Å². The van der Waals surface area contributed by atoms with E-state index in [0.717, 1.165) is 16.9 Å². The lowest BCUT2D eigenvalue weighted by atomic mass is 9.94. The quantitative estimate of drug-likeness (QED) is 0.0375. The molecule has 1 aromatic carbocycles. The average molecular weight is 833 g/mol. The minimum absolute atomic E-state index is 0.00113. The Labute approximate surface area is 339 Å². The van der Waals surface area contributed by atoms with Crippen LogP contribution in [0.15, 0.2) is 30.5 Å². The number of imidazole rings is 1. The second-order valence-electron chi connectivity index (χ2n) is 15.0. The summed E-state index contributed by atoms with van der Waals surface area (Å²) in [5.74, 6) is 0.0193. The van der Waals surface area contributed by atoms with Gasteiger partial charge in [-0.2, -0.15) is 0 Å². The largest absolute Gasteiger partial charge is 0.394 e. The highest BCUT2D eigenvalue weighted by molar-refractivity contribution is 5.98. The molecule has 21 nitrogen and oxygen atoms in total. The number of aromatic amines is 1. The van der Waals surface area contributed by atoms with Crippen molar-refractivity contribution in [3.8, 4) is 0 Å². The fourth-order valence-electron chi connectivity index (χ4n) is 7.68. The van der Waals surface area contributed by atoms with Gasteiger partial charge in [0.1, 0.15) is 48.7 Å². The van der Waals surface area contributed by atoms with Crippen molar-refractivity contribution < 1.29 is 65.2 Å². The predicted molar refractivity (Wildman–Crippen MR) is 210 cm³/mol. The van der Waals surface area contributed by atoms with Gasteiger partial charge in [-0.1, -0.05) is 0 Å². The summed E-state index contributed by atoms with van der Waals surface area (Å²) >= 11 is 0. The van der Waals surface area contributed by atoms with Gasteiger partial charge in [0.15, 0.2) is 28.2 Å². The molecule has 4 aromatic rings. The van der Waals surface area contributed by atoms with E-state index in [1.165, 1.54) is 4.90 Å². The van der Waals surface area contributed by atoms with Crippen LogP contribution < -0.4 is 15.6 Å². The minimum atomic E-state index is -1.89. The second-order valence-corrected chi connectivity index (χ2v) is 15.0. The van der Waals surface area contributed by atoms with Crippen LogP contribution in [-0.4, -0.2) is 187 Å². The Hall–Kier alpha value is -4.39. The number of aliphatic hydroxyl groups is 10. The Morgan fingerprint density at radius 1 is 0.898 bits per heavy atom. The molecule has 0 aliphatic carbocycles. The number of nitrogens with zero attached hydrogens (tertiary/aromatic N) is 6. The van der Waals surface area contributed by atoms with Crippen LogP contribution in [-0.2, 0) is 19.6 Å². The molecule has 0 spiro atoms. The van der Waals surface area contributed by atoms with Crippen LogP contribution >= 0.6 is 0 Å². The van der Waals surface area contributed by atoms with E-state index in [0.29, 0.717) is 55.7 Å². The molecule has 0 saturated carbocycles. The number of H-pyrrole nitrogens is 1. The van der Waals surface area contributed by atoms with Crippen LogP contribution in [0.3, 0.4) is 0 Å². The normalized spacial score (nSPS) is 18.2. The van der Waals surface area contributed by atoms with Crippen molar-refractivity contribution in [1.29, 1.82) is 0 Å². The number of hydrogen-bond donors (Lipinski definition) is 13. The molecular weight excluding hydrogens is 774 g/mol. The van der Waals surface area contributed by atoms with Gasteiger partial charge in [-0.25, -0.2) is 19.1 Å². The SMILES string of the molecule is CCn1c(CNC(=O)c2nc3cc[nH]c3nc2N)[n+](CC)c2ccc(C(=O)N3CCC(CN(C[C@H](O)[C@@H](O)[C@H](O)[C@H](O)CO)C[C@H](O)[C@@H](O)[C@H](O)[C@H](O)CO)CC3)cc21. The molecule has 1 aliphatic heterocycles. The monoisotopic (exact) mass is 832 g/mol. The fraction of sp³-hybridized carbons (Fsp3) is 0.605. The molecule has 5 rings (SSSR count). The number of carbonyl (C=O) groups is 2. The maximum absolute atomic E-state index is 13.9. The van der Waals surface area contributed by atoms with Crippen molar-refractivity contribution in [2.75, 3.05) is 51.7 Å². The van der Waals surface area contributed by atoms with Gasteiger partial charge in [0.2, 0.25) is 0 Å². The topological polar surface area (TPSA) is 331 Å². The zero-order chi connectivity index (χ0) is 43.1. The van der Waals surface area contributed by atoms with Gasteiger partial charge < -0.3 is 72.0 Å². The second kappa shape index (κ2) is 20.2. The summed E-state index contributed by atoms with van der Waals surface area (Å²) in [5, 5.41) is 103. The number of anilines is 1. The molecule has 0 radical (unpaired) electrons. The number of aromatic nitrogens is 5. The van der Waals surface area contributed by atoms with Gasteiger partial charge in [-0.3, -0.25) is 14.5 Å². The summed E-state index contributed by atoms with van der Waals surface area (Å²) in [5.41, 5.74) is 9.18. The Morgan fingerprint density at radius 3 is 2.05 bits per heavy atom. The van der Waals surface area contributed by atoms with E-state index in [1.807, 2.05) is 30.5 Å². The summed E-state index contributed by atoms with van der Waals surface area (Å²) < 4.78 is 4.09. The van der Waals surface area contributed by atoms with Crippen molar-refractivity contribution in [2.45, 2.75) is 95.2 Å². The van der Waals surface area contributed by atoms with Crippen molar-refractivity contribution in [2.24, 2.45) is 5.92 Å². The van der Waals surface area contributed by atoms with E-state index in [1.54, 1.807) is 23.2 Å². The standard InChI is InChI=1S/C38H57N9O12/c1-3-46-23-6-5-21(13-24(23)47(4-2)29(46)14-41-37(58)30-35(39)43-36-22(42-30)7-10-40-36)38(59)45-11-8-20(9-12-45)15-44(16-25(50)31(54)33(56)27(52)18-48)17-26(51)32(55)34(57)28(53)19-49/h5-7,10,13,20,25-28,31-34,48-57H,3-4,8-9,11-12,14-19H2,1-2H3,(H3-,39,40,41,42,43,58)/p+1/t25-,26-,27+,28+,31+,32+,33+,34+/m0/s1. The third kappa shape index (κ3) is 10.3. The van der Waals surface area contributed by atoms with E-state index in [2.05, 4.69) is 24.8 Å². The minimum Gasteiger partial charge on any atom is -0.394 e. The lowest BCUT2D eigenvalue weighted by molar-refractivity contribution is -0.676. The zero-order valence-electron chi connectivity index (χ0n) is 33.1. The number of carbonyl (C=O) groups excluding carboxylic acids is 2. The number of piperidine rings is 1. The number of benzene rings is 1. The molecule has 4 heterocycles. The molecule has 0 unspecified atom stereocenters. The van der Waals surface area contributed by atoms with Crippen molar-refractivity contribution in [1.82, 2.24) is 34.6 Å². The number of hydrogen-bond acceptors (Lipinski definition) is 16. The summed E-state index contributed by atoms with van der Waals surface area (Å²) in [6.07, 6.45) is -11.8. The number of rotatable bonds is 20. The molecule has 0 bridgehead atoms. The number of nitrogens with one attached hydrogen (secondary N) is 2. The molecular formula is C38H58N9O12+. The smallest absolute Gasteiger partial charge is 0.277 e. The van der Waals surface area contributed by atoms with Gasteiger partial charge in [0.05, 0.1) is 38.5 Å². The van der Waals surface area contributed by atoms with E-state index in [-0.39, 0.29) is 49.5 Å². The zero-order valence-corrected chi connectivity index (χ0v) is 33.1. The summed E-state index contributed by atoms with van der Waals surface area (Å²) in [4.78, 5) is 41.8. The average Bonchev–Trinajstić information content (AvgIpc) is 3.83. The summed E-state index contributed by atoms with van der Waals surface area (Å²) in [7, 11) is 0. The van der Waals surface area contributed by atoms with Gasteiger partial charge >= 0.3 is 0 Å². The molecule has 1 fully saturated rings. The lowest BCUT2D eigenvalue weighted by Crippen LogP contribution is -2.54. The Morgan fingerprint density at radius 2 is 1.49 bits per heavy atom. The highest BCUT2D eigenvalue weighted by atomic mass is 16.4. The molecule has 326 valence electrons. The first-order valence-electron chi connectivity index (χ1n) is 19.7.